The molecule has 3 heterocycles. The number of aromatic nitrogens is 2. The summed E-state index contributed by atoms with van der Waals surface area (Å²) < 4.78 is 5.81. The van der Waals surface area contributed by atoms with Gasteiger partial charge in [0, 0.05) is 19.2 Å². The molecule has 0 aromatic carbocycles. The van der Waals surface area contributed by atoms with E-state index in [1.807, 2.05) is 13.0 Å². The Kier molecular flexibility index (Phi) is 2.60. The topological polar surface area (TPSA) is 76.3 Å². The van der Waals surface area contributed by atoms with Crippen molar-refractivity contribution >= 4 is 11.6 Å². The maximum Gasteiger partial charge on any atom is 0.145 e. The highest BCUT2D eigenvalue weighted by molar-refractivity contribution is 5.49. The lowest BCUT2D eigenvalue weighted by Gasteiger charge is -2.33. The van der Waals surface area contributed by atoms with E-state index in [-0.39, 0.29) is 0 Å². The number of anilines is 2. The number of fused-ring (bicyclic) bond motifs is 2. The van der Waals surface area contributed by atoms with Crippen LogP contribution in [0, 0.1) is 6.92 Å². The van der Waals surface area contributed by atoms with Crippen molar-refractivity contribution in [3.8, 4) is 0 Å². The third-order valence-corrected chi connectivity index (χ3v) is 3.34. The summed E-state index contributed by atoms with van der Waals surface area (Å²) in [5, 5.41) is 0. The van der Waals surface area contributed by atoms with Gasteiger partial charge in [0.15, 0.2) is 0 Å². The number of nitrogen functional groups attached to an aromatic ring is 1. The first kappa shape index (κ1) is 10.7. The molecule has 2 unspecified atom stereocenters. The molecule has 0 saturated carbocycles. The van der Waals surface area contributed by atoms with Gasteiger partial charge in [-0.2, -0.15) is 0 Å². The standard InChI is InChI=1S/C11H17N5O/c1-7-13-10(15-12)4-11(14-7)16-5-8-2-3-9(6-16)17-8/h4,8-9H,2-3,5-6,12H2,1H3,(H,13,14,15). The van der Waals surface area contributed by atoms with Crippen molar-refractivity contribution in [2.75, 3.05) is 23.4 Å². The molecule has 6 heteroatoms. The van der Waals surface area contributed by atoms with E-state index >= 15 is 0 Å². The van der Waals surface area contributed by atoms with E-state index < -0.39 is 0 Å². The molecule has 2 atom stereocenters. The van der Waals surface area contributed by atoms with Gasteiger partial charge in [-0.3, -0.25) is 0 Å². The lowest BCUT2D eigenvalue weighted by molar-refractivity contribution is 0.0302. The first-order valence-corrected chi connectivity index (χ1v) is 5.97. The van der Waals surface area contributed by atoms with E-state index in [0.29, 0.717) is 18.0 Å². The molecule has 6 nitrogen and oxygen atoms in total. The maximum absolute atomic E-state index is 5.81. The Bertz CT molecular complexity index is 412. The number of hydrazine groups is 1. The lowest BCUT2D eigenvalue weighted by Crippen LogP contribution is -2.43. The molecular formula is C11H17N5O. The van der Waals surface area contributed by atoms with Gasteiger partial charge in [-0.1, -0.05) is 0 Å². The molecule has 0 radical (unpaired) electrons. The predicted molar refractivity (Wildman–Crippen MR) is 64.7 cm³/mol. The fourth-order valence-corrected chi connectivity index (χ4v) is 2.59. The molecule has 0 aliphatic carbocycles. The number of rotatable bonds is 2. The Morgan fingerprint density at radius 2 is 2.06 bits per heavy atom. The van der Waals surface area contributed by atoms with Gasteiger partial charge >= 0.3 is 0 Å². The maximum atomic E-state index is 5.81. The normalized spacial score (nSPS) is 27.3. The zero-order valence-electron chi connectivity index (χ0n) is 9.89. The van der Waals surface area contributed by atoms with Crippen LogP contribution >= 0.6 is 0 Å². The molecule has 2 aliphatic rings. The number of hydrogen-bond donors (Lipinski definition) is 2. The van der Waals surface area contributed by atoms with Crippen molar-refractivity contribution in [2.45, 2.75) is 32.0 Å². The van der Waals surface area contributed by atoms with E-state index in [4.69, 9.17) is 10.6 Å². The van der Waals surface area contributed by atoms with Crippen molar-refractivity contribution in [3.63, 3.8) is 0 Å². The predicted octanol–water partition coefficient (Wildman–Crippen LogP) is 0.438. The van der Waals surface area contributed by atoms with Crippen LogP contribution in [0.25, 0.3) is 0 Å². The van der Waals surface area contributed by atoms with Crippen LogP contribution < -0.4 is 16.2 Å². The number of nitrogens with two attached hydrogens (primary N) is 1. The third kappa shape index (κ3) is 2.05. The van der Waals surface area contributed by atoms with Crippen molar-refractivity contribution in [1.29, 1.82) is 0 Å². The zero-order valence-corrected chi connectivity index (χ0v) is 9.89. The van der Waals surface area contributed by atoms with E-state index in [1.165, 1.54) is 0 Å². The zero-order chi connectivity index (χ0) is 11.8. The van der Waals surface area contributed by atoms with Crippen LogP contribution in [0.15, 0.2) is 6.07 Å². The SMILES string of the molecule is Cc1nc(NN)cc(N2CC3CCC(C2)O3)n1. The molecule has 2 bridgehead atoms. The van der Waals surface area contributed by atoms with Crippen LogP contribution in [0.5, 0.6) is 0 Å². The molecule has 0 spiro atoms. The Morgan fingerprint density at radius 3 is 2.71 bits per heavy atom. The second-order valence-electron chi connectivity index (χ2n) is 4.67. The number of nitrogens with zero attached hydrogens (tertiary/aromatic N) is 3. The van der Waals surface area contributed by atoms with Gasteiger partial charge in [-0.05, 0) is 19.8 Å². The van der Waals surface area contributed by atoms with Gasteiger partial charge in [-0.25, -0.2) is 15.8 Å². The molecule has 3 N–H and O–H groups in total. The summed E-state index contributed by atoms with van der Waals surface area (Å²) in [4.78, 5) is 10.9. The molecule has 0 amide bonds. The summed E-state index contributed by atoms with van der Waals surface area (Å²) in [5.74, 6) is 7.73. The van der Waals surface area contributed by atoms with Crippen molar-refractivity contribution < 1.29 is 4.74 Å². The Balaban J connectivity index is 1.86. The first-order valence-electron chi connectivity index (χ1n) is 5.97. The minimum Gasteiger partial charge on any atom is -0.371 e. The second-order valence-corrected chi connectivity index (χ2v) is 4.67. The highest BCUT2D eigenvalue weighted by Crippen LogP contribution is 2.29. The molecular weight excluding hydrogens is 218 g/mol. The summed E-state index contributed by atoms with van der Waals surface area (Å²) in [6.45, 7) is 3.70. The fourth-order valence-electron chi connectivity index (χ4n) is 2.59. The van der Waals surface area contributed by atoms with Crippen LogP contribution in [0.2, 0.25) is 0 Å². The van der Waals surface area contributed by atoms with Gasteiger partial charge in [0.2, 0.25) is 0 Å². The van der Waals surface area contributed by atoms with Crippen molar-refractivity contribution in [3.05, 3.63) is 11.9 Å². The van der Waals surface area contributed by atoms with E-state index in [1.54, 1.807) is 0 Å². The average Bonchev–Trinajstić information content (AvgIpc) is 2.67. The largest absolute Gasteiger partial charge is 0.371 e. The van der Waals surface area contributed by atoms with Crippen molar-refractivity contribution in [2.24, 2.45) is 5.84 Å². The Labute approximate surface area is 100 Å². The fraction of sp³-hybridized carbons (Fsp3) is 0.636. The molecule has 2 saturated heterocycles. The summed E-state index contributed by atoms with van der Waals surface area (Å²) in [7, 11) is 0. The molecule has 1 aromatic heterocycles. The van der Waals surface area contributed by atoms with Gasteiger partial charge in [0.1, 0.15) is 17.5 Å². The monoisotopic (exact) mass is 235 g/mol. The number of ether oxygens (including phenoxy) is 1. The molecule has 92 valence electrons. The minimum atomic E-state index is 0.360. The minimum absolute atomic E-state index is 0.360. The first-order chi connectivity index (χ1) is 8.24. The smallest absolute Gasteiger partial charge is 0.145 e. The van der Waals surface area contributed by atoms with Crippen molar-refractivity contribution in [1.82, 2.24) is 9.97 Å². The van der Waals surface area contributed by atoms with Crippen LogP contribution in [0.3, 0.4) is 0 Å². The highest BCUT2D eigenvalue weighted by atomic mass is 16.5. The molecule has 3 rings (SSSR count). The lowest BCUT2D eigenvalue weighted by atomic mass is 10.2. The summed E-state index contributed by atoms with van der Waals surface area (Å²) in [6, 6.07) is 1.89. The van der Waals surface area contributed by atoms with Crippen LogP contribution in [-0.2, 0) is 4.74 Å². The van der Waals surface area contributed by atoms with Crippen LogP contribution in [-0.4, -0.2) is 35.3 Å². The molecule has 2 fully saturated rings. The average molecular weight is 235 g/mol. The number of hydrogen-bond acceptors (Lipinski definition) is 6. The molecule has 1 aromatic rings. The summed E-state index contributed by atoms with van der Waals surface area (Å²) in [6.07, 6.45) is 3.04. The molecule has 2 aliphatic heterocycles. The van der Waals surface area contributed by atoms with Gasteiger partial charge in [-0.15, -0.1) is 0 Å². The van der Waals surface area contributed by atoms with E-state index in [2.05, 4.69) is 20.3 Å². The van der Waals surface area contributed by atoms with Gasteiger partial charge < -0.3 is 15.1 Å². The second kappa shape index (κ2) is 4.12. The Morgan fingerprint density at radius 1 is 1.35 bits per heavy atom. The van der Waals surface area contributed by atoms with Gasteiger partial charge in [0.25, 0.3) is 0 Å². The summed E-state index contributed by atoms with van der Waals surface area (Å²) >= 11 is 0. The highest BCUT2D eigenvalue weighted by Gasteiger charge is 2.34. The number of morpholine rings is 1. The van der Waals surface area contributed by atoms with E-state index in [0.717, 1.165) is 37.6 Å². The third-order valence-electron chi connectivity index (χ3n) is 3.34. The number of nitrogens with one attached hydrogen (secondary N) is 1. The molecule has 17 heavy (non-hydrogen) atoms. The number of aryl methyl sites for hydroxylation is 1. The summed E-state index contributed by atoms with van der Waals surface area (Å²) in [5.41, 5.74) is 2.58. The Hall–Kier alpha value is -1.40. The van der Waals surface area contributed by atoms with Crippen LogP contribution in [0.4, 0.5) is 11.6 Å². The quantitative estimate of drug-likeness (QED) is 0.572. The van der Waals surface area contributed by atoms with E-state index in [9.17, 15) is 0 Å². The van der Waals surface area contributed by atoms with Crippen LogP contribution in [0.1, 0.15) is 18.7 Å². The van der Waals surface area contributed by atoms with Gasteiger partial charge in [0.05, 0.1) is 12.2 Å².